The molecule has 0 radical (unpaired) electrons. The molecule has 21 heavy (non-hydrogen) atoms. The van der Waals surface area contributed by atoms with Crippen LogP contribution in [0.1, 0.15) is 64.1 Å². The van der Waals surface area contributed by atoms with Crippen molar-refractivity contribution in [1.29, 1.82) is 0 Å². The predicted octanol–water partition coefficient (Wildman–Crippen LogP) is 4.25. The van der Waals surface area contributed by atoms with Crippen molar-refractivity contribution in [2.24, 2.45) is 0 Å². The Balaban J connectivity index is 2.22. The number of nitrogens with one attached hydrogen (secondary N) is 1. The Bertz CT molecular complexity index is 482. The van der Waals surface area contributed by atoms with Crippen LogP contribution >= 0.6 is 0 Å². The number of hydrogen-bond acceptors (Lipinski definition) is 3. The third kappa shape index (κ3) is 3.91. The normalized spacial score (nSPS) is 17.8. The quantitative estimate of drug-likeness (QED) is 0.795. The second-order valence-electron chi connectivity index (χ2n) is 6.59. The van der Waals surface area contributed by atoms with Crippen molar-refractivity contribution in [3.05, 3.63) is 23.3 Å². The lowest BCUT2D eigenvalue weighted by atomic mass is 9.92. The predicted molar refractivity (Wildman–Crippen MR) is 87.3 cm³/mol. The van der Waals surface area contributed by atoms with E-state index in [9.17, 15) is 0 Å². The summed E-state index contributed by atoms with van der Waals surface area (Å²) in [6.07, 6.45) is 4.54. The van der Waals surface area contributed by atoms with Gasteiger partial charge >= 0.3 is 0 Å². The van der Waals surface area contributed by atoms with Crippen LogP contribution in [0.25, 0.3) is 0 Å². The number of rotatable bonds is 6. The molecule has 1 heterocycles. The monoisotopic (exact) mass is 291 g/mol. The van der Waals surface area contributed by atoms with Crippen LogP contribution in [0.2, 0.25) is 0 Å². The molecule has 1 unspecified atom stereocenters. The minimum absolute atomic E-state index is 0.0788. The zero-order valence-corrected chi connectivity index (χ0v) is 14.1. The minimum atomic E-state index is -0.0788. The molecule has 0 bridgehead atoms. The van der Waals surface area contributed by atoms with Gasteiger partial charge in [0.15, 0.2) is 0 Å². The van der Waals surface area contributed by atoms with Crippen LogP contribution in [0.15, 0.2) is 12.1 Å². The number of unbranched alkanes of at least 4 members (excludes halogenated alkanes) is 1. The lowest BCUT2D eigenvalue weighted by Crippen LogP contribution is -2.32. The van der Waals surface area contributed by atoms with E-state index in [1.807, 2.05) is 0 Å². The van der Waals surface area contributed by atoms with Crippen molar-refractivity contribution in [3.63, 3.8) is 0 Å². The molecule has 0 amide bonds. The summed E-state index contributed by atoms with van der Waals surface area (Å²) in [6.45, 7) is 9.75. The average Bonchev–Trinajstić information content (AvgIpc) is 2.45. The zero-order valence-electron chi connectivity index (χ0n) is 14.1. The first kappa shape index (κ1) is 16.2. The number of methoxy groups -OCH3 is 1. The minimum Gasteiger partial charge on any atom is -0.496 e. The maximum absolute atomic E-state index is 6.09. The second-order valence-corrected chi connectivity index (χ2v) is 6.59. The lowest BCUT2D eigenvalue weighted by molar-refractivity contribution is 0.0842. The van der Waals surface area contributed by atoms with Crippen LogP contribution in [0.5, 0.6) is 11.5 Å². The van der Waals surface area contributed by atoms with Crippen molar-refractivity contribution < 1.29 is 9.47 Å². The molecule has 1 atom stereocenters. The standard InChI is InChI=1S/C18H29NO2/c1-6-7-10-19-13(2)15-11-14-8-9-18(3,4)21-16(14)12-17(15)20-5/h11-13,19H,6-10H2,1-5H3. The summed E-state index contributed by atoms with van der Waals surface area (Å²) in [4.78, 5) is 0. The van der Waals surface area contributed by atoms with Gasteiger partial charge in [-0.25, -0.2) is 0 Å². The largest absolute Gasteiger partial charge is 0.496 e. The van der Waals surface area contributed by atoms with Crippen LogP contribution in [0.3, 0.4) is 0 Å². The van der Waals surface area contributed by atoms with Crippen molar-refractivity contribution in [2.45, 2.75) is 65.0 Å². The summed E-state index contributed by atoms with van der Waals surface area (Å²) in [7, 11) is 1.73. The fourth-order valence-corrected chi connectivity index (χ4v) is 2.82. The smallest absolute Gasteiger partial charge is 0.127 e. The maximum atomic E-state index is 6.09. The molecule has 0 saturated heterocycles. The van der Waals surface area contributed by atoms with E-state index < -0.39 is 0 Å². The number of fused-ring (bicyclic) bond motifs is 1. The van der Waals surface area contributed by atoms with Gasteiger partial charge in [-0.3, -0.25) is 0 Å². The van der Waals surface area contributed by atoms with Gasteiger partial charge < -0.3 is 14.8 Å². The van der Waals surface area contributed by atoms with Crippen LogP contribution in [0.4, 0.5) is 0 Å². The molecule has 0 aliphatic carbocycles. The fraction of sp³-hybridized carbons (Fsp3) is 0.667. The number of benzene rings is 1. The first-order valence-corrected chi connectivity index (χ1v) is 8.10. The highest BCUT2D eigenvalue weighted by Crippen LogP contribution is 2.39. The third-order valence-corrected chi connectivity index (χ3v) is 4.24. The molecule has 0 fully saturated rings. The van der Waals surface area contributed by atoms with Gasteiger partial charge in [-0.2, -0.15) is 0 Å². The van der Waals surface area contributed by atoms with Gasteiger partial charge in [0.2, 0.25) is 0 Å². The Hall–Kier alpha value is -1.22. The molecule has 3 nitrogen and oxygen atoms in total. The van der Waals surface area contributed by atoms with E-state index in [1.165, 1.54) is 24.0 Å². The van der Waals surface area contributed by atoms with Gasteiger partial charge in [-0.05, 0) is 58.2 Å². The molecular weight excluding hydrogens is 262 g/mol. The molecule has 1 aliphatic heterocycles. The molecule has 1 N–H and O–H groups in total. The summed E-state index contributed by atoms with van der Waals surface area (Å²) in [5.41, 5.74) is 2.45. The third-order valence-electron chi connectivity index (χ3n) is 4.24. The van der Waals surface area contributed by atoms with E-state index in [0.29, 0.717) is 6.04 Å². The Morgan fingerprint density at radius 3 is 2.81 bits per heavy atom. The van der Waals surface area contributed by atoms with Crippen LogP contribution in [-0.4, -0.2) is 19.3 Å². The lowest BCUT2D eigenvalue weighted by Gasteiger charge is -2.33. The summed E-state index contributed by atoms with van der Waals surface area (Å²) < 4.78 is 11.7. The fourth-order valence-electron chi connectivity index (χ4n) is 2.82. The highest BCUT2D eigenvalue weighted by molar-refractivity contribution is 5.49. The summed E-state index contributed by atoms with van der Waals surface area (Å²) in [6, 6.07) is 4.61. The van der Waals surface area contributed by atoms with E-state index in [4.69, 9.17) is 9.47 Å². The summed E-state index contributed by atoms with van der Waals surface area (Å²) in [5, 5.41) is 3.58. The van der Waals surface area contributed by atoms with Gasteiger partial charge in [0.1, 0.15) is 17.1 Å². The molecule has 0 spiro atoms. The van der Waals surface area contributed by atoms with Crippen molar-refractivity contribution in [3.8, 4) is 11.5 Å². The molecular formula is C18H29NO2. The first-order valence-electron chi connectivity index (χ1n) is 8.10. The number of aryl methyl sites for hydroxylation is 1. The van der Waals surface area contributed by atoms with Crippen molar-refractivity contribution in [2.75, 3.05) is 13.7 Å². The number of hydrogen-bond donors (Lipinski definition) is 1. The van der Waals surface area contributed by atoms with Gasteiger partial charge in [0, 0.05) is 17.7 Å². The van der Waals surface area contributed by atoms with Gasteiger partial charge in [-0.1, -0.05) is 13.3 Å². The van der Waals surface area contributed by atoms with E-state index in [2.05, 4.69) is 45.1 Å². The first-order chi connectivity index (χ1) is 9.96. The second kappa shape index (κ2) is 6.69. The van der Waals surface area contributed by atoms with E-state index in [-0.39, 0.29) is 5.60 Å². The van der Waals surface area contributed by atoms with E-state index in [1.54, 1.807) is 7.11 Å². The highest BCUT2D eigenvalue weighted by Gasteiger charge is 2.28. The maximum Gasteiger partial charge on any atom is 0.127 e. The van der Waals surface area contributed by atoms with Crippen LogP contribution < -0.4 is 14.8 Å². The number of ether oxygens (including phenoxy) is 2. The van der Waals surface area contributed by atoms with Gasteiger partial charge in [-0.15, -0.1) is 0 Å². The summed E-state index contributed by atoms with van der Waals surface area (Å²) >= 11 is 0. The molecule has 0 saturated carbocycles. The van der Waals surface area contributed by atoms with E-state index in [0.717, 1.165) is 30.9 Å². The topological polar surface area (TPSA) is 30.5 Å². The Morgan fingerprint density at radius 2 is 2.14 bits per heavy atom. The van der Waals surface area contributed by atoms with Gasteiger partial charge in [0.05, 0.1) is 7.11 Å². The zero-order chi connectivity index (χ0) is 15.5. The summed E-state index contributed by atoms with van der Waals surface area (Å²) in [5.74, 6) is 1.90. The van der Waals surface area contributed by atoms with Crippen molar-refractivity contribution >= 4 is 0 Å². The average molecular weight is 291 g/mol. The Kier molecular flexibility index (Phi) is 5.15. The molecule has 2 rings (SSSR count). The Labute approximate surface area is 129 Å². The highest BCUT2D eigenvalue weighted by atomic mass is 16.5. The molecule has 1 aromatic rings. The molecule has 118 valence electrons. The molecule has 3 heteroatoms. The van der Waals surface area contributed by atoms with Crippen LogP contribution in [-0.2, 0) is 6.42 Å². The van der Waals surface area contributed by atoms with Crippen molar-refractivity contribution in [1.82, 2.24) is 5.32 Å². The molecule has 0 aromatic heterocycles. The van der Waals surface area contributed by atoms with Crippen LogP contribution in [0, 0.1) is 0 Å². The molecule has 1 aliphatic rings. The van der Waals surface area contributed by atoms with Gasteiger partial charge in [0.25, 0.3) is 0 Å². The SMILES string of the molecule is CCCCNC(C)c1cc2c(cc1OC)OC(C)(C)CC2. The molecule has 1 aromatic carbocycles. The Morgan fingerprint density at radius 1 is 1.38 bits per heavy atom. The van der Waals surface area contributed by atoms with E-state index >= 15 is 0 Å².